The minimum atomic E-state index is 0.314. The normalized spacial score (nSPS) is 15.5. The van der Waals surface area contributed by atoms with Gasteiger partial charge in [-0.25, -0.2) is 9.97 Å². The molecule has 0 radical (unpaired) electrons. The molecule has 22 heavy (non-hydrogen) atoms. The average molecular weight is 330 g/mol. The number of aromatic nitrogens is 2. The summed E-state index contributed by atoms with van der Waals surface area (Å²) in [4.78, 5) is 9.81. The SMILES string of the molecule is Clc1nc(NC2CCCC2)c2c(-c3ccccc3)csc2n1. The van der Waals surface area contributed by atoms with Gasteiger partial charge in [-0.1, -0.05) is 43.2 Å². The zero-order chi connectivity index (χ0) is 14.9. The molecule has 1 fully saturated rings. The first-order chi connectivity index (χ1) is 10.8. The highest BCUT2D eigenvalue weighted by molar-refractivity contribution is 7.17. The monoisotopic (exact) mass is 329 g/mol. The second-order valence-electron chi connectivity index (χ2n) is 5.66. The van der Waals surface area contributed by atoms with Crippen LogP contribution in [0.15, 0.2) is 35.7 Å². The number of nitrogens with one attached hydrogen (secondary N) is 1. The highest BCUT2D eigenvalue weighted by Gasteiger charge is 2.20. The third-order valence-electron chi connectivity index (χ3n) is 4.19. The Morgan fingerprint density at radius 1 is 1.09 bits per heavy atom. The molecule has 112 valence electrons. The van der Waals surface area contributed by atoms with Crippen LogP contribution in [0.1, 0.15) is 25.7 Å². The maximum absolute atomic E-state index is 6.11. The fourth-order valence-corrected chi connectivity index (χ4v) is 4.28. The Hall–Kier alpha value is -1.65. The average Bonchev–Trinajstić information content (AvgIpc) is 3.17. The maximum atomic E-state index is 6.11. The molecule has 1 aromatic carbocycles. The van der Waals surface area contributed by atoms with E-state index in [9.17, 15) is 0 Å². The molecule has 0 aliphatic heterocycles. The maximum Gasteiger partial charge on any atom is 0.225 e. The summed E-state index contributed by atoms with van der Waals surface area (Å²) < 4.78 is 0. The van der Waals surface area contributed by atoms with Crippen molar-refractivity contribution in [1.29, 1.82) is 0 Å². The molecular formula is C17H16ClN3S. The van der Waals surface area contributed by atoms with Crippen molar-refractivity contribution in [2.24, 2.45) is 0 Å². The minimum Gasteiger partial charge on any atom is -0.367 e. The van der Waals surface area contributed by atoms with Gasteiger partial charge in [-0.2, -0.15) is 0 Å². The van der Waals surface area contributed by atoms with Crippen LogP contribution in [0, 0.1) is 0 Å². The van der Waals surface area contributed by atoms with Gasteiger partial charge in [0.15, 0.2) is 0 Å². The molecule has 1 aliphatic carbocycles. The van der Waals surface area contributed by atoms with Crippen LogP contribution >= 0.6 is 22.9 Å². The van der Waals surface area contributed by atoms with Gasteiger partial charge in [-0.15, -0.1) is 11.3 Å². The largest absolute Gasteiger partial charge is 0.367 e. The molecule has 1 saturated carbocycles. The van der Waals surface area contributed by atoms with E-state index < -0.39 is 0 Å². The summed E-state index contributed by atoms with van der Waals surface area (Å²) in [6, 6.07) is 10.9. The van der Waals surface area contributed by atoms with Crippen LogP contribution in [0.2, 0.25) is 5.28 Å². The van der Waals surface area contributed by atoms with Crippen molar-refractivity contribution in [3.05, 3.63) is 41.0 Å². The molecule has 3 nitrogen and oxygen atoms in total. The topological polar surface area (TPSA) is 37.8 Å². The minimum absolute atomic E-state index is 0.314. The van der Waals surface area contributed by atoms with Crippen molar-refractivity contribution >= 4 is 39.0 Å². The lowest BCUT2D eigenvalue weighted by Gasteiger charge is -2.14. The smallest absolute Gasteiger partial charge is 0.225 e. The lowest BCUT2D eigenvalue weighted by Crippen LogP contribution is -2.16. The number of halogens is 1. The lowest BCUT2D eigenvalue weighted by molar-refractivity contribution is 0.751. The number of anilines is 1. The van der Waals surface area contributed by atoms with Gasteiger partial charge in [0.2, 0.25) is 5.28 Å². The number of thiophene rings is 1. The van der Waals surface area contributed by atoms with Crippen LogP contribution in [0.4, 0.5) is 5.82 Å². The molecule has 1 N–H and O–H groups in total. The molecule has 1 aliphatic rings. The number of benzene rings is 1. The van der Waals surface area contributed by atoms with E-state index in [4.69, 9.17) is 11.6 Å². The van der Waals surface area contributed by atoms with E-state index in [-0.39, 0.29) is 0 Å². The summed E-state index contributed by atoms with van der Waals surface area (Å²) in [7, 11) is 0. The number of fused-ring (bicyclic) bond motifs is 1. The summed E-state index contributed by atoms with van der Waals surface area (Å²) in [6.45, 7) is 0. The fourth-order valence-electron chi connectivity index (χ4n) is 3.11. The summed E-state index contributed by atoms with van der Waals surface area (Å²) in [5.41, 5.74) is 2.37. The third-order valence-corrected chi connectivity index (χ3v) is 5.23. The van der Waals surface area contributed by atoms with Crippen LogP contribution < -0.4 is 5.32 Å². The van der Waals surface area contributed by atoms with Crippen LogP contribution in [0.5, 0.6) is 0 Å². The fraction of sp³-hybridized carbons (Fsp3) is 0.294. The second-order valence-corrected chi connectivity index (χ2v) is 6.86. The first kappa shape index (κ1) is 14.0. The zero-order valence-electron chi connectivity index (χ0n) is 12.1. The van der Waals surface area contributed by atoms with Crippen LogP contribution in [-0.2, 0) is 0 Å². The molecule has 0 unspecified atom stereocenters. The van der Waals surface area contributed by atoms with E-state index in [1.807, 2.05) is 6.07 Å². The molecule has 2 aromatic heterocycles. The van der Waals surface area contributed by atoms with E-state index in [1.165, 1.54) is 36.8 Å². The molecule has 2 heterocycles. The van der Waals surface area contributed by atoms with E-state index in [2.05, 4.69) is 44.9 Å². The van der Waals surface area contributed by atoms with Crippen LogP contribution in [0.3, 0.4) is 0 Å². The molecule has 3 aromatic rings. The van der Waals surface area contributed by atoms with Crippen LogP contribution in [0.25, 0.3) is 21.3 Å². The first-order valence-electron chi connectivity index (χ1n) is 7.58. The van der Waals surface area contributed by atoms with Crippen molar-refractivity contribution in [3.8, 4) is 11.1 Å². The summed E-state index contributed by atoms with van der Waals surface area (Å²) in [6.07, 6.45) is 4.98. The Labute approximate surface area is 138 Å². The van der Waals surface area contributed by atoms with Crippen molar-refractivity contribution in [1.82, 2.24) is 9.97 Å². The van der Waals surface area contributed by atoms with Gasteiger partial charge in [0.05, 0.1) is 5.39 Å². The standard InChI is InChI=1S/C17H16ClN3S/c18-17-20-15(19-12-8-4-5-9-12)14-13(10-22-16(14)21-17)11-6-2-1-3-7-11/h1-3,6-7,10,12H,4-5,8-9H2,(H,19,20,21). The first-order valence-corrected chi connectivity index (χ1v) is 8.84. The van der Waals surface area contributed by atoms with Gasteiger partial charge < -0.3 is 5.32 Å². The van der Waals surface area contributed by atoms with Gasteiger partial charge >= 0.3 is 0 Å². The van der Waals surface area contributed by atoms with Crippen molar-refractivity contribution in [2.45, 2.75) is 31.7 Å². The quantitative estimate of drug-likeness (QED) is 0.657. The Bertz CT molecular complexity index is 794. The molecule has 0 saturated heterocycles. The molecule has 0 bridgehead atoms. The number of nitrogens with zero attached hydrogens (tertiary/aromatic N) is 2. The highest BCUT2D eigenvalue weighted by Crippen LogP contribution is 2.38. The van der Waals surface area contributed by atoms with Gasteiger partial charge in [0.1, 0.15) is 10.6 Å². The summed E-state index contributed by atoms with van der Waals surface area (Å²) >= 11 is 7.73. The van der Waals surface area contributed by atoms with Gasteiger partial charge in [-0.3, -0.25) is 0 Å². The van der Waals surface area contributed by atoms with E-state index in [0.717, 1.165) is 16.0 Å². The van der Waals surface area contributed by atoms with Crippen LogP contribution in [-0.4, -0.2) is 16.0 Å². The van der Waals surface area contributed by atoms with Crippen molar-refractivity contribution in [2.75, 3.05) is 5.32 Å². The van der Waals surface area contributed by atoms with E-state index in [1.54, 1.807) is 11.3 Å². The summed E-state index contributed by atoms with van der Waals surface area (Å²) in [5, 5.41) is 7.14. The Balaban J connectivity index is 1.85. The molecule has 0 amide bonds. The van der Waals surface area contributed by atoms with Crippen molar-refractivity contribution in [3.63, 3.8) is 0 Å². The van der Waals surface area contributed by atoms with E-state index >= 15 is 0 Å². The predicted octanol–water partition coefficient (Wildman–Crippen LogP) is 5.37. The lowest BCUT2D eigenvalue weighted by atomic mass is 10.1. The summed E-state index contributed by atoms with van der Waals surface area (Å²) in [5.74, 6) is 0.877. The Morgan fingerprint density at radius 2 is 1.86 bits per heavy atom. The van der Waals surface area contributed by atoms with Crippen molar-refractivity contribution < 1.29 is 0 Å². The molecule has 4 rings (SSSR count). The Morgan fingerprint density at radius 3 is 2.64 bits per heavy atom. The molecule has 0 spiro atoms. The van der Waals surface area contributed by atoms with Gasteiger partial charge in [0, 0.05) is 17.0 Å². The van der Waals surface area contributed by atoms with Gasteiger partial charge in [-0.05, 0) is 30.0 Å². The number of rotatable bonds is 3. The Kier molecular flexibility index (Phi) is 3.72. The number of hydrogen-bond donors (Lipinski definition) is 1. The van der Waals surface area contributed by atoms with E-state index in [0.29, 0.717) is 11.3 Å². The second kappa shape index (κ2) is 5.86. The van der Waals surface area contributed by atoms with Gasteiger partial charge in [0.25, 0.3) is 0 Å². The molecule has 5 heteroatoms. The molecule has 0 atom stereocenters. The number of hydrogen-bond acceptors (Lipinski definition) is 4. The highest BCUT2D eigenvalue weighted by atomic mass is 35.5. The zero-order valence-corrected chi connectivity index (χ0v) is 13.6. The molecular weight excluding hydrogens is 314 g/mol. The third kappa shape index (κ3) is 2.57. The predicted molar refractivity (Wildman–Crippen MR) is 93.7 cm³/mol.